The van der Waals surface area contributed by atoms with Gasteiger partial charge in [-0.3, -0.25) is 4.72 Å². The van der Waals surface area contributed by atoms with E-state index >= 15 is 0 Å². The third-order valence-corrected chi connectivity index (χ3v) is 5.57. The Labute approximate surface area is 124 Å². The zero-order valence-electron chi connectivity index (χ0n) is 9.22. The maximum Gasteiger partial charge on any atom is 0.271 e. The summed E-state index contributed by atoms with van der Waals surface area (Å²) in [5.74, 6) is 0. The number of hydrogen-bond donors (Lipinski definition) is 1. The number of anilines is 1. The molecular weight excluding hydrogens is 327 g/mol. The van der Waals surface area contributed by atoms with Crippen molar-refractivity contribution < 1.29 is 8.42 Å². The fraction of sp³-hybridized carbons (Fsp3) is 0. The number of rotatable bonds is 3. The first-order valence-electron chi connectivity index (χ1n) is 4.90. The van der Waals surface area contributed by atoms with Crippen molar-refractivity contribution >= 4 is 50.2 Å². The van der Waals surface area contributed by atoms with Crippen molar-refractivity contribution in [3.8, 4) is 6.07 Å². The Morgan fingerprint density at radius 1 is 1.21 bits per heavy atom. The van der Waals surface area contributed by atoms with Crippen LogP contribution in [0.1, 0.15) is 5.56 Å². The molecule has 98 valence electrons. The highest BCUT2D eigenvalue weighted by molar-refractivity contribution is 7.94. The Morgan fingerprint density at radius 3 is 2.53 bits per heavy atom. The van der Waals surface area contributed by atoms with Crippen LogP contribution in [0, 0.1) is 11.3 Å². The smallest absolute Gasteiger partial charge is 0.271 e. The Hall–Kier alpha value is -1.26. The van der Waals surface area contributed by atoms with Crippen molar-refractivity contribution in [3.63, 3.8) is 0 Å². The van der Waals surface area contributed by atoms with Gasteiger partial charge in [-0.2, -0.15) is 5.26 Å². The minimum Gasteiger partial charge on any atom is -0.277 e. The lowest BCUT2D eigenvalue weighted by Gasteiger charge is -2.08. The lowest BCUT2D eigenvalue weighted by Crippen LogP contribution is -2.11. The average Bonchev–Trinajstić information content (AvgIpc) is 2.79. The van der Waals surface area contributed by atoms with Crippen molar-refractivity contribution in [2.24, 2.45) is 0 Å². The molecule has 0 unspecified atom stereocenters. The maximum absolute atomic E-state index is 12.1. The molecule has 8 heteroatoms. The van der Waals surface area contributed by atoms with Crippen molar-refractivity contribution in [1.29, 1.82) is 5.26 Å². The number of nitrogens with one attached hydrogen (secondary N) is 1. The van der Waals surface area contributed by atoms with Gasteiger partial charge in [0.1, 0.15) is 4.21 Å². The van der Waals surface area contributed by atoms with Gasteiger partial charge in [0, 0.05) is 0 Å². The number of halogens is 2. The van der Waals surface area contributed by atoms with Gasteiger partial charge >= 0.3 is 0 Å². The van der Waals surface area contributed by atoms with E-state index in [4.69, 9.17) is 28.5 Å². The number of sulfonamides is 1. The van der Waals surface area contributed by atoms with E-state index in [9.17, 15) is 8.42 Å². The molecular formula is C11H6Cl2N2O2S2. The summed E-state index contributed by atoms with van der Waals surface area (Å²) in [6.45, 7) is 0. The second kappa shape index (κ2) is 5.39. The molecule has 0 aliphatic rings. The lowest BCUT2D eigenvalue weighted by molar-refractivity contribution is 0.603. The Balaban J connectivity index is 2.38. The van der Waals surface area contributed by atoms with Gasteiger partial charge in [-0.1, -0.05) is 23.2 Å². The van der Waals surface area contributed by atoms with E-state index in [1.807, 2.05) is 6.07 Å². The Morgan fingerprint density at radius 2 is 1.95 bits per heavy atom. The van der Waals surface area contributed by atoms with Gasteiger partial charge in [0.25, 0.3) is 10.0 Å². The van der Waals surface area contributed by atoms with Crippen LogP contribution < -0.4 is 4.72 Å². The van der Waals surface area contributed by atoms with Crippen LogP contribution in [0.25, 0.3) is 0 Å². The van der Waals surface area contributed by atoms with Gasteiger partial charge in [0.2, 0.25) is 0 Å². The van der Waals surface area contributed by atoms with Crippen LogP contribution in [0.4, 0.5) is 5.69 Å². The first-order valence-corrected chi connectivity index (χ1v) is 7.96. The van der Waals surface area contributed by atoms with Gasteiger partial charge in [-0.15, -0.1) is 11.3 Å². The van der Waals surface area contributed by atoms with Crippen LogP contribution >= 0.6 is 34.5 Å². The summed E-state index contributed by atoms with van der Waals surface area (Å²) in [7, 11) is -3.75. The molecule has 0 bridgehead atoms. The number of thiophene rings is 1. The minimum absolute atomic E-state index is 0.0796. The molecule has 2 aromatic rings. The van der Waals surface area contributed by atoms with Gasteiger partial charge in [-0.25, -0.2) is 8.42 Å². The zero-order valence-corrected chi connectivity index (χ0v) is 12.4. The number of benzene rings is 1. The molecule has 0 aliphatic carbocycles. The summed E-state index contributed by atoms with van der Waals surface area (Å²) in [6, 6.07) is 9.14. The summed E-state index contributed by atoms with van der Waals surface area (Å²) >= 11 is 12.5. The van der Waals surface area contributed by atoms with E-state index in [2.05, 4.69) is 4.72 Å². The molecule has 19 heavy (non-hydrogen) atoms. The SMILES string of the molecule is N#Cc1ccc(Cl)c(NS(=O)(=O)c2ccc(Cl)s2)c1. The fourth-order valence-corrected chi connectivity index (χ4v) is 4.08. The molecule has 1 N–H and O–H groups in total. The number of nitriles is 1. The van der Waals surface area contributed by atoms with E-state index in [0.29, 0.717) is 9.90 Å². The van der Waals surface area contributed by atoms with Gasteiger partial charge < -0.3 is 0 Å². The van der Waals surface area contributed by atoms with Gasteiger partial charge in [0.15, 0.2) is 0 Å². The molecule has 0 radical (unpaired) electrons. The Kier molecular flexibility index (Phi) is 4.02. The largest absolute Gasteiger partial charge is 0.277 e. The molecule has 2 rings (SSSR count). The summed E-state index contributed by atoms with van der Waals surface area (Å²) < 4.78 is 26.9. The molecule has 0 saturated heterocycles. The van der Waals surface area contributed by atoms with Crippen molar-refractivity contribution in [2.75, 3.05) is 4.72 Å². The van der Waals surface area contributed by atoms with Crippen LogP contribution in [0.3, 0.4) is 0 Å². The fourth-order valence-electron chi connectivity index (χ4n) is 1.31. The molecule has 1 aromatic carbocycles. The van der Waals surface area contributed by atoms with Crippen molar-refractivity contribution in [2.45, 2.75) is 4.21 Å². The summed E-state index contributed by atoms with van der Waals surface area (Å²) in [5.41, 5.74) is 0.469. The van der Waals surface area contributed by atoms with Crippen LogP contribution in [-0.4, -0.2) is 8.42 Å². The predicted octanol–water partition coefficient (Wildman–Crippen LogP) is 3.73. The van der Waals surface area contributed by atoms with Crippen molar-refractivity contribution in [1.82, 2.24) is 0 Å². The normalized spacial score (nSPS) is 11.0. The summed E-state index contributed by atoms with van der Waals surface area (Å²) in [5, 5.41) is 9.00. The monoisotopic (exact) mass is 332 g/mol. The number of hydrogen-bond acceptors (Lipinski definition) is 4. The molecule has 0 atom stereocenters. The van der Waals surface area contributed by atoms with Crippen molar-refractivity contribution in [3.05, 3.63) is 45.3 Å². The molecule has 1 aromatic heterocycles. The van der Waals surface area contributed by atoms with E-state index in [1.54, 1.807) is 0 Å². The number of nitrogens with zero attached hydrogens (tertiary/aromatic N) is 1. The standard InChI is InChI=1S/C11H6Cl2N2O2S2/c12-8-2-1-7(6-14)5-9(8)15-19(16,17)11-4-3-10(13)18-11/h1-5,15H. The average molecular weight is 333 g/mol. The third kappa shape index (κ3) is 3.19. The van der Waals surface area contributed by atoms with E-state index in [0.717, 1.165) is 11.3 Å². The van der Waals surface area contributed by atoms with Crippen LogP contribution in [-0.2, 0) is 10.0 Å². The second-order valence-corrected chi connectivity index (χ2v) is 7.50. The lowest BCUT2D eigenvalue weighted by atomic mass is 10.2. The summed E-state index contributed by atoms with van der Waals surface area (Å²) in [6.07, 6.45) is 0. The first-order chi connectivity index (χ1) is 8.92. The third-order valence-electron chi connectivity index (χ3n) is 2.15. The van der Waals surface area contributed by atoms with E-state index < -0.39 is 10.0 Å². The molecule has 0 amide bonds. The minimum atomic E-state index is -3.75. The molecule has 0 spiro atoms. The second-order valence-electron chi connectivity index (χ2n) is 3.47. The molecule has 0 fully saturated rings. The van der Waals surface area contributed by atoms with Gasteiger partial charge in [0.05, 0.1) is 26.7 Å². The maximum atomic E-state index is 12.1. The topological polar surface area (TPSA) is 70.0 Å². The highest BCUT2D eigenvalue weighted by Crippen LogP contribution is 2.30. The molecule has 4 nitrogen and oxygen atoms in total. The quantitative estimate of drug-likeness (QED) is 0.930. The van der Waals surface area contributed by atoms with E-state index in [-0.39, 0.29) is 14.9 Å². The van der Waals surface area contributed by atoms with Crippen LogP contribution in [0.5, 0.6) is 0 Å². The predicted molar refractivity (Wildman–Crippen MR) is 76.3 cm³/mol. The van der Waals surface area contributed by atoms with Crippen LogP contribution in [0.2, 0.25) is 9.36 Å². The molecule has 0 saturated carbocycles. The first kappa shape index (κ1) is 14.2. The molecule has 0 aliphatic heterocycles. The van der Waals surface area contributed by atoms with E-state index in [1.165, 1.54) is 30.3 Å². The Bertz CT molecular complexity index is 763. The summed E-state index contributed by atoms with van der Waals surface area (Å²) in [4.78, 5) is 0. The molecule has 1 heterocycles. The highest BCUT2D eigenvalue weighted by atomic mass is 35.5. The zero-order chi connectivity index (χ0) is 14.0. The van der Waals surface area contributed by atoms with Crippen LogP contribution in [0.15, 0.2) is 34.5 Å². The highest BCUT2D eigenvalue weighted by Gasteiger charge is 2.18. The van der Waals surface area contributed by atoms with Gasteiger partial charge in [-0.05, 0) is 30.3 Å².